The third-order valence-corrected chi connectivity index (χ3v) is 0.734. The molecule has 0 rings (SSSR count). The first-order valence-corrected chi connectivity index (χ1v) is 2.33. The first-order chi connectivity index (χ1) is 3.72. The maximum Gasteiger partial charge on any atom is 0.378 e. The van der Waals surface area contributed by atoms with E-state index in [0.717, 1.165) is 0 Å². The SMILES string of the molecule is NCC(=O)C(=O)OP. The predicted molar refractivity (Wildman–Crippen MR) is 29.9 cm³/mol. The van der Waals surface area contributed by atoms with Crippen molar-refractivity contribution >= 4 is 21.2 Å². The zero-order chi connectivity index (χ0) is 6.57. The van der Waals surface area contributed by atoms with Crippen LogP contribution in [0.4, 0.5) is 0 Å². The average molecular weight is 135 g/mol. The third-order valence-electron chi connectivity index (χ3n) is 0.520. The van der Waals surface area contributed by atoms with E-state index in [-0.39, 0.29) is 6.54 Å². The molecule has 1 unspecified atom stereocenters. The Kier molecular flexibility index (Phi) is 3.31. The van der Waals surface area contributed by atoms with Gasteiger partial charge >= 0.3 is 5.97 Å². The Bertz CT molecular complexity index is 99.1. The number of Topliss-reactive ketones (excluding diaryl/α,β-unsaturated/α-hetero) is 1. The van der Waals surface area contributed by atoms with Crippen LogP contribution in [0.15, 0.2) is 0 Å². The Morgan fingerprint density at radius 3 is 2.25 bits per heavy atom. The molecule has 4 nitrogen and oxygen atoms in total. The molecule has 0 aliphatic rings. The molecule has 0 bridgehead atoms. The van der Waals surface area contributed by atoms with Gasteiger partial charge in [0.2, 0.25) is 0 Å². The Balaban J connectivity index is 3.64. The number of hydrogen-bond acceptors (Lipinski definition) is 4. The minimum atomic E-state index is -0.919. The van der Waals surface area contributed by atoms with Gasteiger partial charge in [0.25, 0.3) is 5.78 Å². The van der Waals surface area contributed by atoms with E-state index in [1.165, 1.54) is 0 Å². The largest absolute Gasteiger partial charge is 0.446 e. The van der Waals surface area contributed by atoms with Crippen LogP contribution >= 0.6 is 9.47 Å². The summed E-state index contributed by atoms with van der Waals surface area (Å²) in [6, 6.07) is 0. The van der Waals surface area contributed by atoms with Crippen LogP contribution in [0.25, 0.3) is 0 Å². The first-order valence-electron chi connectivity index (χ1n) is 1.86. The second-order valence-corrected chi connectivity index (χ2v) is 1.27. The molecule has 0 radical (unpaired) electrons. The van der Waals surface area contributed by atoms with Gasteiger partial charge in [0, 0.05) is 0 Å². The summed E-state index contributed by atoms with van der Waals surface area (Å²) in [4.78, 5) is 20.2. The molecule has 0 saturated heterocycles. The summed E-state index contributed by atoms with van der Waals surface area (Å²) in [5.74, 6) is -1.64. The van der Waals surface area contributed by atoms with Crippen molar-refractivity contribution in [3.05, 3.63) is 0 Å². The van der Waals surface area contributed by atoms with Crippen LogP contribution in [0.2, 0.25) is 0 Å². The minimum Gasteiger partial charge on any atom is -0.446 e. The van der Waals surface area contributed by atoms with Gasteiger partial charge in [0.1, 0.15) is 0 Å². The van der Waals surface area contributed by atoms with Crippen molar-refractivity contribution in [2.24, 2.45) is 5.73 Å². The normalized spacial score (nSPS) is 8.25. The fraction of sp³-hybridized carbons (Fsp3) is 0.333. The van der Waals surface area contributed by atoms with Gasteiger partial charge in [-0.15, -0.1) is 0 Å². The van der Waals surface area contributed by atoms with Crippen LogP contribution in [-0.2, 0) is 14.1 Å². The summed E-state index contributed by atoms with van der Waals surface area (Å²) in [5, 5.41) is 0. The van der Waals surface area contributed by atoms with E-state index in [9.17, 15) is 9.59 Å². The predicted octanol–water partition coefficient (Wildman–Crippen LogP) is -1.15. The molecule has 1 atom stereocenters. The lowest BCUT2D eigenvalue weighted by Gasteiger charge is -1.90. The van der Waals surface area contributed by atoms with Crippen LogP contribution in [0, 0.1) is 0 Å². The van der Waals surface area contributed by atoms with Crippen LogP contribution in [-0.4, -0.2) is 18.3 Å². The van der Waals surface area contributed by atoms with E-state index in [1.54, 1.807) is 9.47 Å². The van der Waals surface area contributed by atoms with E-state index in [4.69, 9.17) is 5.73 Å². The van der Waals surface area contributed by atoms with Crippen molar-refractivity contribution in [1.82, 2.24) is 0 Å². The zero-order valence-corrected chi connectivity index (χ0v) is 5.24. The Morgan fingerprint density at radius 2 is 2.12 bits per heavy atom. The Labute approximate surface area is 48.7 Å². The van der Waals surface area contributed by atoms with Crippen LogP contribution in [0.1, 0.15) is 0 Å². The number of nitrogens with two attached hydrogens (primary N) is 1. The maximum absolute atomic E-state index is 10.1. The lowest BCUT2D eigenvalue weighted by atomic mass is 10.4. The summed E-state index contributed by atoms with van der Waals surface area (Å²) < 4.78 is 3.95. The molecule has 0 aliphatic heterocycles. The number of carbonyl (C=O) groups is 2. The van der Waals surface area contributed by atoms with E-state index in [1.807, 2.05) is 0 Å². The van der Waals surface area contributed by atoms with E-state index < -0.39 is 11.8 Å². The van der Waals surface area contributed by atoms with Gasteiger partial charge in [-0.3, -0.25) is 4.79 Å². The summed E-state index contributed by atoms with van der Waals surface area (Å²) in [6.45, 7) is -0.298. The molecule has 0 heterocycles. The summed E-state index contributed by atoms with van der Waals surface area (Å²) in [6.07, 6.45) is 0. The molecule has 5 heteroatoms. The van der Waals surface area contributed by atoms with Gasteiger partial charge in [-0.25, -0.2) is 4.79 Å². The maximum atomic E-state index is 10.1. The van der Waals surface area contributed by atoms with Crippen LogP contribution in [0.3, 0.4) is 0 Å². The van der Waals surface area contributed by atoms with Crippen molar-refractivity contribution in [3.8, 4) is 0 Å². The number of carbonyl (C=O) groups excluding carboxylic acids is 2. The van der Waals surface area contributed by atoms with Crippen LogP contribution in [0.5, 0.6) is 0 Å². The monoisotopic (exact) mass is 135 g/mol. The molecule has 0 aromatic carbocycles. The molecule has 0 saturated carbocycles. The van der Waals surface area contributed by atoms with E-state index in [2.05, 4.69) is 4.52 Å². The fourth-order valence-electron chi connectivity index (χ4n) is 0.149. The second-order valence-electron chi connectivity index (χ2n) is 1.03. The van der Waals surface area contributed by atoms with Gasteiger partial charge in [-0.2, -0.15) is 0 Å². The molecule has 0 aliphatic carbocycles. The van der Waals surface area contributed by atoms with Crippen molar-refractivity contribution in [2.45, 2.75) is 0 Å². The summed E-state index contributed by atoms with van der Waals surface area (Å²) in [5.41, 5.74) is 4.79. The first kappa shape index (κ1) is 7.53. The zero-order valence-electron chi connectivity index (χ0n) is 4.09. The highest BCUT2D eigenvalue weighted by Crippen LogP contribution is 1.85. The molecule has 46 valence electrons. The second kappa shape index (κ2) is 3.52. The lowest BCUT2D eigenvalue weighted by Crippen LogP contribution is -2.22. The van der Waals surface area contributed by atoms with Gasteiger partial charge in [0.05, 0.1) is 16.0 Å². The van der Waals surface area contributed by atoms with Gasteiger partial charge < -0.3 is 10.3 Å². The van der Waals surface area contributed by atoms with E-state index in [0.29, 0.717) is 0 Å². The standard InChI is InChI=1S/C3H6NO3P/c4-1-2(5)3(6)7-8/h1,4,8H2. The number of rotatable bonds is 2. The molecular formula is C3H6NO3P. The lowest BCUT2D eigenvalue weighted by molar-refractivity contribution is -0.145. The highest BCUT2D eigenvalue weighted by atomic mass is 31.0. The molecule has 2 N–H and O–H groups in total. The van der Waals surface area contributed by atoms with Crippen molar-refractivity contribution in [3.63, 3.8) is 0 Å². The van der Waals surface area contributed by atoms with Gasteiger partial charge in [-0.05, 0) is 0 Å². The smallest absolute Gasteiger partial charge is 0.378 e. The average Bonchev–Trinajstić information content (AvgIpc) is 1.84. The number of ketones is 1. The topological polar surface area (TPSA) is 69.4 Å². The molecule has 8 heavy (non-hydrogen) atoms. The Hall–Kier alpha value is -0.470. The van der Waals surface area contributed by atoms with Crippen LogP contribution < -0.4 is 5.73 Å². The highest BCUT2D eigenvalue weighted by molar-refractivity contribution is 7.11. The molecule has 0 amide bonds. The van der Waals surface area contributed by atoms with Gasteiger partial charge in [0.15, 0.2) is 0 Å². The molecule has 0 fully saturated rings. The summed E-state index contributed by atoms with van der Waals surface area (Å²) >= 11 is 0. The number of hydrogen-bond donors (Lipinski definition) is 1. The third kappa shape index (κ3) is 2.00. The fourth-order valence-corrected chi connectivity index (χ4v) is 0.281. The highest BCUT2D eigenvalue weighted by Gasteiger charge is 2.09. The summed E-state index contributed by atoms with van der Waals surface area (Å²) in [7, 11) is 1.67. The quantitative estimate of drug-likeness (QED) is 0.383. The van der Waals surface area contributed by atoms with Gasteiger partial charge in [-0.1, -0.05) is 0 Å². The minimum absolute atomic E-state index is 0.298. The molecule has 0 aromatic rings. The van der Waals surface area contributed by atoms with Crippen molar-refractivity contribution < 1.29 is 14.1 Å². The Morgan fingerprint density at radius 1 is 1.62 bits per heavy atom. The molecule has 0 aromatic heterocycles. The molecule has 0 spiro atoms. The van der Waals surface area contributed by atoms with E-state index >= 15 is 0 Å². The van der Waals surface area contributed by atoms with Crippen molar-refractivity contribution in [1.29, 1.82) is 0 Å². The van der Waals surface area contributed by atoms with Crippen molar-refractivity contribution in [2.75, 3.05) is 6.54 Å². The molecular weight excluding hydrogens is 129 g/mol.